The van der Waals surface area contributed by atoms with Crippen LogP contribution in [-0.4, -0.2) is 43.9 Å². The van der Waals surface area contributed by atoms with Crippen LogP contribution in [0.5, 0.6) is 11.6 Å². The molecular formula is C24H16F5N5O3. The molecule has 0 fully saturated rings. The Labute approximate surface area is 204 Å². The molecule has 5 rings (SSSR count). The van der Waals surface area contributed by atoms with Crippen LogP contribution >= 0.6 is 0 Å². The Morgan fingerprint density at radius 2 is 1.70 bits per heavy atom. The number of alkyl halides is 5. The maximum atomic E-state index is 13.7. The molecule has 0 aliphatic rings. The van der Waals surface area contributed by atoms with Crippen molar-refractivity contribution in [3.8, 4) is 28.4 Å². The molecule has 0 radical (unpaired) electrons. The van der Waals surface area contributed by atoms with E-state index in [2.05, 4.69) is 19.9 Å². The molecule has 13 heteroatoms. The lowest BCUT2D eigenvalue weighted by molar-refractivity contribution is -0.154. The first-order valence-electron chi connectivity index (χ1n) is 10.7. The van der Waals surface area contributed by atoms with Crippen LogP contribution in [0.15, 0.2) is 65.6 Å². The summed E-state index contributed by atoms with van der Waals surface area (Å²) in [6.45, 7) is -4.61. The molecule has 0 N–H and O–H groups in total. The zero-order valence-corrected chi connectivity index (χ0v) is 18.9. The van der Waals surface area contributed by atoms with Crippen molar-refractivity contribution in [1.82, 2.24) is 24.5 Å². The molecule has 0 saturated heterocycles. The first kappa shape index (κ1) is 24.2. The number of fused-ring (bicyclic) bond motifs is 2. The molecule has 0 atom stereocenters. The van der Waals surface area contributed by atoms with Gasteiger partial charge in [0.25, 0.3) is 5.56 Å². The number of halogens is 5. The van der Waals surface area contributed by atoms with Crippen molar-refractivity contribution in [2.75, 3.05) is 6.61 Å². The summed E-state index contributed by atoms with van der Waals surface area (Å²) in [6, 6.07) is 12.9. The molecule has 0 amide bonds. The summed E-state index contributed by atoms with van der Waals surface area (Å²) < 4.78 is 75.0. The molecule has 0 unspecified atom stereocenters. The molecule has 3 aromatic heterocycles. The highest BCUT2D eigenvalue weighted by molar-refractivity contribution is 5.91. The lowest BCUT2D eigenvalue weighted by Gasteiger charge is -2.13. The van der Waals surface area contributed by atoms with Gasteiger partial charge in [-0.25, -0.2) is 4.98 Å². The summed E-state index contributed by atoms with van der Waals surface area (Å²) in [6.07, 6.45) is -2.83. The Bertz CT molecular complexity index is 1660. The number of nitrogens with zero attached hydrogens (tertiary/aromatic N) is 5. The third kappa shape index (κ3) is 5.06. The van der Waals surface area contributed by atoms with E-state index in [1.165, 1.54) is 36.4 Å². The number of pyridine rings is 1. The van der Waals surface area contributed by atoms with Crippen molar-refractivity contribution in [2.45, 2.75) is 12.8 Å². The lowest BCUT2D eigenvalue weighted by atomic mass is 10.1. The molecule has 3 heterocycles. The smallest absolute Gasteiger partial charge is 0.422 e. The molecule has 0 bridgehead atoms. The zero-order chi connectivity index (χ0) is 26.3. The Morgan fingerprint density at radius 3 is 2.41 bits per heavy atom. The van der Waals surface area contributed by atoms with Gasteiger partial charge in [-0.05, 0) is 42.0 Å². The van der Waals surface area contributed by atoms with E-state index >= 15 is 0 Å². The predicted octanol–water partition coefficient (Wildman–Crippen LogP) is 4.88. The van der Waals surface area contributed by atoms with Crippen molar-refractivity contribution >= 4 is 21.9 Å². The minimum Gasteiger partial charge on any atom is -0.468 e. The average molecular weight is 517 g/mol. The Hall–Kier alpha value is -4.55. The summed E-state index contributed by atoms with van der Waals surface area (Å²) in [7, 11) is 1.75. The van der Waals surface area contributed by atoms with Crippen molar-refractivity contribution in [3.05, 3.63) is 71.1 Å². The van der Waals surface area contributed by atoms with Gasteiger partial charge in [0.15, 0.2) is 6.61 Å². The topological polar surface area (TPSA) is 84.1 Å². The fourth-order valence-electron chi connectivity index (χ4n) is 3.80. The van der Waals surface area contributed by atoms with Gasteiger partial charge >= 0.3 is 12.8 Å². The van der Waals surface area contributed by atoms with E-state index in [-0.39, 0.29) is 33.8 Å². The first-order valence-corrected chi connectivity index (χ1v) is 10.7. The maximum Gasteiger partial charge on any atom is 0.422 e. The van der Waals surface area contributed by atoms with Crippen LogP contribution in [0, 0.1) is 0 Å². The van der Waals surface area contributed by atoms with Crippen molar-refractivity contribution in [2.24, 2.45) is 7.05 Å². The highest BCUT2D eigenvalue weighted by Crippen LogP contribution is 2.28. The van der Waals surface area contributed by atoms with Crippen molar-refractivity contribution < 1.29 is 31.4 Å². The summed E-state index contributed by atoms with van der Waals surface area (Å²) in [5, 5.41) is 9.41. The average Bonchev–Trinajstić information content (AvgIpc) is 3.21. The summed E-state index contributed by atoms with van der Waals surface area (Å²) >= 11 is 0. The Morgan fingerprint density at radius 1 is 0.973 bits per heavy atom. The molecule has 8 nitrogen and oxygen atoms in total. The standard InChI is InChI=1S/C24H16F5N5O3/c1-33-11-14-10-15(4-7-17(14)31-33)34-22(35)20(13-2-5-16(6-3-13)37-23(25)26)21-18(32-34)8-9-19(30-21)36-12-24(27,28)29/h2-11,23H,12H2,1H3. The van der Waals surface area contributed by atoms with Gasteiger partial charge in [-0.2, -0.15) is 36.8 Å². The third-order valence-corrected chi connectivity index (χ3v) is 5.30. The number of rotatable bonds is 6. The minimum absolute atomic E-state index is 0.0164. The quantitative estimate of drug-likeness (QED) is 0.299. The number of aromatic nitrogens is 5. The van der Waals surface area contributed by atoms with E-state index in [1.54, 1.807) is 36.1 Å². The van der Waals surface area contributed by atoms with E-state index in [9.17, 15) is 26.7 Å². The summed E-state index contributed by atoms with van der Waals surface area (Å²) in [5.74, 6) is -0.499. The predicted molar refractivity (Wildman–Crippen MR) is 123 cm³/mol. The third-order valence-electron chi connectivity index (χ3n) is 5.30. The molecule has 0 aliphatic carbocycles. The number of benzene rings is 2. The van der Waals surface area contributed by atoms with Crippen LogP contribution < -0.4 is 15.0 Å². The fraction of sp³-hybridized carbons (Fsp3) is 0.167. The van der Waals surface area contributed by atoms with Gasteiger partial charge < -0.3 is 9.47 Å². The molecule has 190 valence electrons. The number of hydrogen-bond acceptors (Lipinski definition) is 6. The molecular weight excluding hydrogens is 501 g/mol. The second-order valence-electron chi connectivity index (χ2n) is 7.96. The molecule has 5 aromatic rings. The second kappa shape index (κ2) is 9.15. The van der Waals surface area contributed by atoms with E-state index in [0.717, 1.165) is 10.1 Å². The van der Waals surface area contributed by atoms with Crippen molar-refractivity contribution in [1.29, 1.82) is 0 Å². The van der Waals surface area contributed by atoms with Gasteiger partial charge in [-0.1, -0.05) is 12.1 Å². The molecule has 0 aliphatic heterocycles. The van der Waals surface area contributed by atoms with Gasteiger partial charge in [-0.3, -0.25) is 9.48 Å². The fourth-order valence-corrected chi connectivity index (χ4v) is 3.80. The normalized spacial score (nSPS) is 12.0. The Kier molecular flexibility index (Phi) is 5.97. The van der Waals surface area contributed by atoms with Gasteiger partial charge in [-0.15, -0.1) is 0 Å². The van der Waals surface area contributed by atoms with E-state index in [1.807, 2.05) is 0 Å². The van der Waals surface area contributed by atoms with Crippen LogP contribution in [0.2, 0.25) is 0 Å². The number of aryl methyl sites for hydroxylation is 1. The number of ether oxygens (including phenoxy) is 2. The van der Waals surface area contributed by atoms with Crippen LogP contribution in [0.4, 0.5) is 22.0 Å². The van der Waals surface area contributed by atoms with Crippen LogP contribution in [0.25, 0.3) is 38.8 Å². The monoisotopic (exact) mass is 517 g/mol. The summed E-state index contributed by atoms with van der Waals surface area (Å²) in [5.41, 5.74) is 0.873. The van der Waals surface area contributed by atoms with Gasteiger partial charge in [0.1, 0.15) is 16.8 Å². The number of hydrogen-bond donors (Lipinski definition) is 0. The van der Waals surface area contributed by atoms with Crippen LogP contribution in [0.1, 0.15) is 0 Å². The first-order chi connectivity index (χ1) is 17.6. The lowest BCUT2D eigenvalue weighted by Crippen LogP contribution is -2.24. The second-order valence-corrected chi connectivity index (χ2v) is 7.96. The molecule has 37 heavy (non-hydrogen) atoms. The van der Waals surface area contributed by atoms with E-state index < -0.39 is 25.0 Å². The highest BCUT2D eigenvalue weighted by Gasteiger charge is 2.29. The van der Waals surface area contributed by atoms with Gasteiger partial charge in [0.2, 0.25) is 5.88 Å². The maximum absolute atomic E-state index is 13.7. The van der Waals surface area contributed by atoms with E-state index in [4.69, 9.17) is 4.74 Å². The van der Waals surface area contributed by atoms with Crippen molar-refractivity contribution in [3.63, 3.8) is 0 Å². The highest BCUT2D eigenvalue weighted by atomic mass is 19.4. The molecule has 0 saturated carbocycles. The van der Waals surface area contributed by atoms with E-state index in [0.29, 0.717) is 11.2 Å². The molecule has 2 aromatic carbocycles. The SMILES string of the molecule is Cn1cc2cc(-n3nc4ccc(OCC(F)(F)F)nc4c(-c4ccc(OC(F)F)cc4)c3=O)ccc2n1. The zero-order valence-electron chi connectivity index (χ0n) is 18.9. The van der Waals surface area contributed by atoms with Gasteiger partial charge in [0, 0.05) is 24.7 Å². The molecule has 0 spiro atoms. The largest absolute Gasteiger partial charge is 0.468 e. The summed E-state index contributed by atoms with van der Waals surface area (Å²) in [4.78, 5) is 17.8. The van der Waals surface area contributed by atoms with Crippen LogP contribution in [-0.2, 0) is 7.05 Å². The Balaban J connectivity index is 1.69. The minimum atomic E-state index is -4.59. The van der Waals surface area contributed by atoms with Crippen LogP contribution in [0.3, 0.4) is 0 Å². The van der Waals surface area contributed by atoms with Gasteiger partial charge in [0.05, 0.1) is 16.8 Å².